The third-order valence-electron chi connectivity index (χ3n) is 3.13. The number of hydrazine groups is 1. The van der Waals surface area contributed by atoms with Crippen LogP contribution in [0.25, 0.3) is 0 Å². The van der Waals surface area contributed by atoms with Gasteiger partial charge in [0.25, 0.3) is 0 Å². The summed E-state index contributed by atoms with van der Waals surface area (Å²) in [5.74, 6) is 0. The van der Waals surface area contributed by atoms with Crippen LogP contribution in [0, 0.1) is 4.91 Å². The molecule has 1 rings (SSSR count). The summed E-state index contributed by atoms with van der Waals surface area (Å²) in [4.78, 5) is 22.5. The summed E-state index contributed by atoms with van der Waals surface area (Å²) in [5.41, 5.74) is 4.65. The molecule has 1 N–H and O–H groups in total. The van der Waals surface area contributed by atoms with Crippen molar-refractivity contribution in [3.05, 3.63) is 28.7 Å². The van der Waals surface area contributed by atoms with Crippen molar-refractivity contribution in [2.75, 3.05) is 18.2 Å². The molecule has 0 radical (unpaired) electrons. The van der Waals surface area contributed by atoms with Crippen molar-refractivity contribution in [2.45, 2.75) is 40.0 Å². The number of hydrogen-bond donors (Lipinski definition) is 1. The quantitative estimate of drug-likeness (QED) is 0.448. The molecule has 0 atom stereocenters. The standard InChI is InChI=1S/C15H23N3O3/c1-4-7-10-21-15(19)16-18(6-3)13-9-8-12(5-2)14(11-13)17-20/h8-9,11H,4-7,10H2,1-3H3,(H,16,19). The molecule has 1 aromatic carbocycles. The van der Waals surface area contributed by atoms with Crippen molar-refractivity contribution in [3.63, 3.8) is 0 Å². The number of ether oxygens (including phenoxy) is 1. The van der Waals surface area contributed by atoms with Gasteiger partial charge in [0.15, 0.2) is 0 Å². The smallest absolute Gasteiger partial charge is 0.426 e. The van der Waals surface area contributed by atoms with Crippen molar-refractivity contribution in [2.24, 2.45) is 5.18 Å². The summed E-state index contributed by atoms with van der Waals surface area (Å²) in [5, 5.41) is 4.67. The van der Waals surface area contributed by atoms with E-state index in [9.17, 15) is 9.70 Å². The Labute approximate surface area is 125 Å². The van der Waals surface area contributed by atoms with Gasteiger partial charge in [-0.1, -0.05) is 26.3 Å². The van der Waals surface area contributed by atoms with Crippen LogP contribution in [0.2, 0.25) is 0 Å². The van der Waals surface area contributed by atoms with Crippen molar-refractivity contribution in [3.8, 4) is 0 Å². The van der Waals surface area contributed by atoms with Crippen molar-refractivity contribution in [1.29, 1.82) is 0 Å². The molecule has 0 aliphatic rings. The van der Waals surface area contributed by atoms with E-state index in [4.69, 9.17) is 4.74 Å². The van der Waals surface area contributed by atoms with E-state index >= 15 is 0 Å². The van der Waals surface area contributed by atoms with E-state index in [1.165, 1.54) is 0 Å². The largest absolute Gasteiger partial charge is 0.448 e. The Balaban J connectivity index is 2.75. The van der Waals surface area contributed by atoms with Crippen LogP contribution in [0.1, 0.15) is 39.2 Å². The average Bonchev–Trinajstić information content (AvgIpc) is 2.52. The van der Waals surface area contributed by atoms with Gasteiger partial charge in [-0.3, -0.25) is 5.01 Å². The molecule has 0 aliphatic carbocycles. The summed E-state index contributed by atoms with van der Waals surface area (Å²) >= 11 is 0. The zero-order chi connectivity index (χ0) is 15.7. The van der Waals surface area contributed by atoms with E-state index in [2.05, 4.69) is 10.6 Å². The summed E-state index contributed by atoms with van der Waals surface area (Å²) in [6.45, 7) is 6.84. The highest BCUT2D eigenvalue weighted by Crippen LogP contribution is 2.25. The summed E-state index contributed by atoms with van der Waals surface area (Å²) in [7, 11) is 0. The van der Waals surface area contributed by atoms with Gasteiger partial charge < -0.3 is 4.74 Å². The first kappa shape index (κ1) is 16.9. The zero-order valence-electron chi connectivity index (χ0n) is 12.9. The Bertz CT molecular complexity index is 477. The average molecular weight is 293 g/mol. The number of unbranched alkanes of at least 4 members (excludes halogenated alkanes) is 1. The minimum atomic E-state index is -0.495. The molecule has 6 nitrogen and oxygen atoms in total. The second-order valence-electron chi connectivity index (χ2n) is 4.60. The Morgan fingerprint density at radius 2 is 2.10 bits per heavy atom. The molecule has 0 bridgehead atoms. The minimum Gasteiger partial charge on any atom is -0.448 e. The molecule has 0 fully saturated rings. The highest BCUT2D eigenvalue weighted by molar-refractivity contribution is 5.71. The lowest BCUT2D eigenvalue weighted by atomic mass is 10.1. The molecule has 21 heavy (non-hydrogen) atoms. The number of nitrogens with one attached hydrogen (secondary N) is 1. The molecule has 0 saturated heterocycles. The number of amides is 1. The molecule has 116 valence electrons. The highest BCUT2D eigenvalue weighted by atomic mass is 16.6. The lowest BCUT2D eigenvalue weighted by Gasteiger charge is -2.23. The summed E-state index contributed by atoms with van der Waals surface area (Å²) in [6, 6.07) is 5.36. The molecule has 0 aliphatic heterocycles. The normalized spacial score (nSPS) is 10.0. The van der Waals surface area contributed by atoms with Gasteiger partial charge in [-0.2, -0.15) is 0 Å². The fraction of sp³-hybridized carbons (Fsp3) is 0.533. The minimum absolute atomic E-state index is 0.398. The number of nitrogens with zero attached hydrogens (tertiary/aromatic N) is 2. The number of hydrogen-bond acceptors (Lipinski definition) is 5. The molecule has 1 amide bonds. The van der Waals surface area contributed by atoms with Gasteiger partial charge in [0.2, 0.25) is 0 Å². The van der Waals surface area contributed by atoms with Gasteiger partial charge in [-0.05, 0) is 42.6 Å². The van der Waals surface area contributed by atoms with E-state index in [0.717, 1.165) is 24.8 Å². The van der Waals surface area contributed by atoms with E-state index in [0.29, 0.717) is 24.5 Å². The maximum absolute atomic E-state index is 11.7. The van der Waals surface area contributed by atoms with E-state index in [-0.39, 0.29) is 0 Å². The summed E-state index contributed by atoms with van der Waals surface area (Å²) in [6.07, 6.45) is 2.05. The van der Waals surface area contributed by atoms with Crippen molar-refractivity contribution >= 4 is 17.5 Å². The molecule has 6 heteroatoms. The van der Waals surface area contributed by atoms with Gasteiger partial charge >= 0.3 is 6.09 Å². The fourth-order valence-corrected chi connectivity index (χ4v) is 1.88. The van der Waals surface area contributed by atoms with E-state index in [1.54, 1.807) is 11.1 Å². The number of anilines is 1. The van der Waals surface area contributed by atoms with Crippen LogP contribution in [0.15, 0.2) is 23.4 Å². The first-order valence-corrected chi connectivity index (χ1v) is 7.33. The molecule has 1 aromatic rings. The number of nitroso groups, excluding NO2 is 1. The highest BCUT2D eigenvalue weighted by Gasteiger charge is 2.12. The van der Waals surface area contributed by atoms with Gasteiger partial charge in [0, 0.05) is 6.54 Å². The van der Waals surface area contributed by atoms with Crippen LogP contribution in [-0.2, 0) is 11.2 Å². The van der Waals surface area contributed by atoms with Gasteiger partial charge in [0.05, 0.1) is 12.3 Å². The molecular formula is C15H23N3O3. The zero-order valence-corrected chi connectivity index (χ0v) is 12.9. The van der Waals surface area contributed by atoms with E-state index in [1.807, 2.05) is 32.9 Å². The Kier molecular flexibility index (Phi) is 7.21. The molecule has 0 saturated carbocycles. The lowest BCUT2D eigenvalue weighted by Crippen LogP contribution is -2.42. The maximum Gasteiger partial charge on any atom is 0.426 e. The second-order valence-corrected chi connectivity index (χ2v) is 4.60. The van der Waals surface area contributed by atoms with Crippen molar-refractivity contribution in [1.82, 2.24) is 5.43 Å². The predicted molar refractivity (Wildman–Crippen MR) is 83.7 cm³/mol. The maximum atomic E-state index is 11.7. The Morgan fingerprint density at radius 1 is 1.33 bits per heavy atom. The number of aryl methyl sites for hydroxylation is 1. The monoisotopic (exact) mass is 293 g/mol. The number of benzene rings is 1. The lowest BCUT2D eigenvalue weighted by molar-refractivity contribution is 0.143. The summed E-state index contributed by atoms with van der Waals surface area (Å²) < 4.78 is 5.06. The number of carbonyl (C=O) groups is 1. The molecule has 0 heterocycles. The van der Waals surface area contributed by atoms with Gasteiger partial charge in [-0.15, -0.1) is 4.91 Å². The van der Waals surface area contributed by atoms with Gasteiger partial charge in [-0.25, -0.2) is 10.2 Å². The first-order valence-electron chi connectivity index (χ1n) is 7.33. The third kappa shape index (κ3) is 5.06. The van der Waals surface area contributed by atoms with Crippen molar-refractivity contribution < 1.29 is 9.53 Å². The Morgan fingerprint density at radius 3 is 2.67 bits per heavy atom. The second kappa shape index (κ2) is 8.94. The van der Waals surface area contributed by atoms with Crippen LogP contribution in [0.5, 0.6) is 0 Å². The van der Waals surface area contributed by atoms with Crippen LogP contribution >= 0.6 is 0 Å². The van der Waals surface area contributed by atoms with Crippen LogP contribution in [0.3, 0.4) is 0 Å². The molecule has 0 spiro atoms. The SMILES string of the molecule is CCCCOC(=O)NN(CC)c1ccc(CC)c(N=O)c1. The van der Waals surface area contributed by atoms with Gasteiger partial charge in [0.1, 0.15) is 5.69 Å². The fourth-order valence-electron chi connectivity index (χ4n) is 1.88. The van der Waals surface area contributed by atoms with E-state index < -0.39 is 6.09 Å². The molecule has 0 aromatic heterocycles. The van der Waals surface area contributed by atoms with Crippen LogP contribution < -0.4 is 10.4 Å². The topological polar surface area (TPSA) is 71.0 Å². The molecular weight excluding hydrogens is 270 g/mol. The predicted octanol–water partition coefficient (Wildman–Crippen LogP) is 3.91. The third-order valence-corrected chi connectivity index (χ3v) is 3.13. The Hall–Kier alpha value is -2.11. The van der Waals surface area contributed by atoms with Crippen LogP contribution in [0.4, 0.5) is 16.2 Å². The van der Waals surface area contributed by atoms with Crippen LogP contribution in [-0.4, -0.2) is 19.2 Å². The number of carbonyl (C=O) groups excluding carboxylic acids is 1. The first-order chi connectivity index (χ1) is 10.2. The molecule has 0 unspecified atom stereocenters. The number of rotatable bonds is 8.